The largest absolute Gasteiger partial charge is 0.469 e. The third-order valence-electron chi connectivity index (χ3n) is 4.64. The molecule has 0 aromatic heterocycles. The van der Waals surface area contributed by atoms with Gasteiger partial charge in [0, 0.05) is 13.1 Å². The van der Waals surface area contributed by atoms with Gasteiger partial charge in [0.05, 0.1) is 25.7 Å². The molecule has 0 aliphatic carbocycles. The Bertz CT molecular complexity index is 425. The van der Waals surface area contributed by atoms with Crippen molar-refractivity contribution in [2.24, 2.45) is 5.92 Å². The van der Waals surface area contributed by atoms with Gasteiger partial charge in [-0.15, -0.1) is 0 Å². The summed E-state index contributed by atoms with van der Waals surface area (Å²) in [5.74, 6) is 0.0752. The van der Waals surface area contributed by atoms with Crippen molar-refractivity contribution in [3.63, 3.8) is 0 Å². The number of likely N-dealkylation sites (tertiary alicyclic amines) is 1. The zero-order chi connectivity index (χ0) is 17.1. The van der Waals surface area contributed by atoms with E-state index in [-0.39, 0.29) is 23.6 Å². The molecule has 0 saturated carbocycles. The molecule has 2 aliphatic rings. The van der Waals surface area contributed by atoms with Crippen molar-refractivity contribution < 1.29 is 23.8 Å². The number of methoxy groups -OCH3 is 1. The van der Waals surface area contributed by atoms with E-state index in [1.165, 1.54) is 7.11 Å². The minimum atomic E-state index is -0.464. The summed E-state index contributed by atoms with van der Waals surface area (Å²) in [7, 11) is 1.42. The summed E-state index contributed by atoms with van der Waals surface area (Å²) in [6.45, 7) is 7.56. The number of amides is 1. The van der Waals surface area contributed by atoms with Crippen molar-refractivity contribution in [1.82, 2.24) is 4.90 Å². The Kier molecular flexibility index (Phi) is 5.55. The van der Waals surface area contributed by atoms with Gasteiger partial charge in [0.2, 0.25) is 0 Å². The fourth-order valence-electron chi connectivity index (χ4n) is 3.21. The molecular weight excluding hydrogens is 298 g/mol. The second kappa shape index (κ2) is 7.07. The molecule has 2 rings (SSSR count). The van der Waals surface area contributed by atoms with Crippen molar-refractivity contribution in [3.8, 4) is 0 Å². The van der Waals surface area contributed by atoms with Crippen LogP contribution in [0.3, 0.4) is 0 Å². The van der Waals surface area contributed by atoms with Crippen LogP contribution < -0.4 is 0 Å². The van der Waals surface area contributed by atoms with Crippen molar-refractivity contribution in [1.29, 1.82) is 0 Å². The summed E-state index contributed by atoms with van der Waals surface area (Å²) >= 11 is 0. The summed E-state index contributed by atoms with van der Waals surface area (Å²) in [4.78, 5) is 25.2. The molecular formula is C17H29NO5. The van der Waals surface area contributed by atoms with Crippen molar-refractivity contribution in [2.75, 3.05) is 26.8 Å². The number of ether oxygens (including phenoxy) is 3. The van der Waals surface area contributed by atoms with E-state index >= 15 is 0 Å². The number of rotatable bonds is 2. The van der Waals surface area contributed by atoms with Gasteiger partial charge in [-0.2, -0.15) is 0 Å². The molecule has 1 amide bonds. The molecule has 6 nitrogen and oxygen atoms in total. The van der Waals surface area contributed by atoms with Gasteiger partial charge in [-0.1, -0.05) is 0 Å². The molecule has 0 aromatic rings. The smallest absolute Gasteiger partial charge is 0.410 e. The normalized spacial score (nSPS) is 24.3. The van der Waals surface area contributed by atoms with E-state index in [9.17, 15) is 9.59 Å². The van der Waals surface area contributed by atoms with E-state index in [2.05, 4.69) is 0 Å². The van der Waals surface area contributed by atoms with Gasteiger partial charge in [-0.05, 0) is 52.4 Å². The Morgan fingerprint density at radius 2 is 1.87 bits per heavy atom. The van der Waals surface area contributed by atoms with Crippen LogP contribution in [0.15, 0.2) is 0 Å². The van der Waals surface area contributed by atoms with Crippen molar-refractivity contribution >= 4 is 12.1 Å². The number of hydrogen-bond donors (Lipinski definition) is 0. The van der Waals surface area contributed by atoms with E-state index < -0.39 is 5.60 Å². The van der Waals surface area contributed by atoms with E-state index in [4.69, 9.17) is 14.2 Å². The maximum absolute atomic E-state index is 12.1. The molecule has 2 saturated heterocycles. The van der Waals surface area contributed by atoms with Crippen LogP contribution in [0.5, 0.6) is 0 Å². The van der Waals surface area contributed by atoms with Gasteiger partial charge in [0.25, 0.3) is 0 Å². The van der Waals surface area contributed by atoms with Crippen LogP contribution in [-0.2, 0) is 19.0 Å². The Morgan fingerprint density at radius 3 is 2.35 bits per heavy atom. The summed E-state index contributed by atoms with van der Waals surface area (Å²) in [5, 5.41) is 0. The fraction of sp³-hybridized carbons (Fsp3) is 0.882. The van der Waals surface area contributed by atoms with Gasteiger partial charge >= 0.3 is 12.1 Å². The number of piperidine rings is 1. The minimum absolute atomic E-state index is 0.134. The SMILES string of the molecule is COC(=O)CC1CCC2(CCN(C(=O)OC(C)(C)C)CC2)OC1. The average Bonchev–Trinajstić information content (AvgIpc) is 2.48. The van der Waals surface area contributed by atoms with Crippen molar-refractivity contribution in [3.05, 3.63) is 0 Å². The first-order valence-electron chi connectivity index (χ1n) is 8.42. The number of carbonyl (C=O) groups excluding carboxylic acids is 2. The first-order chi connectivity index (χ1) is 10.7. The highest BCUT2D eigenvalue weighted by Gasteiger charge is 2.41. The summed E-state index contributed by atoms with van der Waals surface area (Å²) in [6, 6.07) is 0. The summed E-state index contributed by atoms with van der Waals surface area (Å²) < 4.78 is 16.2. The molecule has 0 radical (unpaired) electrons. The van der Waals surface area contributed by atoms with Gasteiger partial charge in [-0.25, -0.2) is 4.79 Å². The third-order valence-corrected chi connectivity index (χ3v) is 4.64. The zero-order valence-electron chi connectivity index (χ0n) is 14.7. The molecule has 2 aliphatic heterocycles. The molecule has 0 N–H and O–H groups in total. The van der Waals surface area contributed by atoms with Gasteiger partial charge < -0.3 is 19.1 Å². The second-order valence-corrected chi connectivity index (χ2v) is 7.65. The molecule has 6 heteroatoms. The van der Waals surface area contributed by atoms with Crippen LogP contribution in [0.2, 0.25) is 0 Å². The highest BCUT2D eigenvalue weighted by molar-refractivity contribution is 5.69. The Hall–Kier alpha value is -1.30. The molecule has 0 bridgehead atoms. The van der Waals surface area contributed by atoms with Gasteiger partial charge in [0.1, 0.15) is 5.60 Å². The molecule has 132 valence electrons. The quantitative estimate of drug-likeness (QED) is 0.730. The standard InChI is InChI=1S/C17H29NO5/c1-16(2,3)23-15(20)18-9-7-17(8-10-18)6-5-13(12-22-17)11-14(19)21-4/h13H,5-12H2,1-4H3. The van der Waals surface area contributed by atoms with E-state index in [0.717, 1.165) is 25.7 Å². The molecule has 1 spiro atoms. The summed E-state index contributed by atoms with van der Waals surface area (Å²) in [6.07, 6.45) is 3.76. The highest BCUT2D eigenvalue weighted by Crippen LogP contribution is 2.37. The number of carbonyl (C=O) groups is 2. The highest BCUT2D eigenvalue weighted by atomic mass is 16.6. The maximum Gasteiger partial charge on any atom is 0.410 e. The molecule has 1 unspecified atom stereocenters. The van der Waals surface area contributed by atoms with Crippen molar-refractivity contribution in [2.45, 2.75) is 64.1 Å². The van der Waals surface area contributed by atoms with Gasteiger partial charge in [-0.3, -0.25) is 4.79 Å². The van der Waals surface area contributed by atoms with Crippen LogP contribution in [0.25, 0.3) is 0 Å². The molecule has 2 heterocycles. The van der Waals surface area contributed by atoms with E-state index in [1.54, 1.807) is 4.90 Å². The van der Waals surface area contributed by atoms with Gasteiger partial charge in [0.15, 0.2) is 0 Å². The van der Waals surface area contributed by atoms with Crippen LogP contribution in [-0.4, -0.2) is 55.0 Å². The molecule has 0 aromatic carbocycles. The Balaban J connectivity index is 1.78. The monoisotopic (exact) mass is 327 g/mol. The minimum Gasteiger partial charge on any atom is -0.469 e. The second-order valence-electron chi connectivity index (χ2n) is 7.65. The first-order valence-corrected chi connectivity index (χ1v) is 8.42. The van der Waals surface area contributed by atoms with E-state index in [0.29, 0.717) is 26.1 Å². The predicted molar refractivity (Wildman–Crippen MR) is 85.1 cm³/mol. The lowest BCUT2D eigenvalue weighted by molar-refractivity contribution is -0.150. The Morgan fingerprint density at radius 1 is 1.22 bits per heavy atom. The number of hydrogen-bond acceptors (Lipinski definition) is 5. The maximum atomic E-state index is 12.1. The third kappa shape index (κ3) is 5.09. The topological polar surface area (TPSA) is 65.1 Å². The number of nitrogens with zero attached hydrogens (tertiary/aromatic N) is 1. The zero-order valence-corrected chi connectivity index (χ0v) is 14.7. The Labute approximate surface area is 138 Å². The molecule has 1 atom stereocenters. The molecule has 23 heavy (non-hydrogen) atoms. The van der Waals surface area contributed by atoms with Crippen LogP contribution >= 0.6 is 0 Å². The first kappa shape index (κ1) is 18.0. The summed E-state index contributed by atoms with van der Waals surface area (Å²) in [5.41, 5.74) is -0.597. The average molecular weight is 327 g/mol. The lowest BCUT2D eigenvalue weighted by atomic mass is 9.81. The van der Waals surface area contributed by atoms with E-state index in [1.807, 2.05) is 20.8 Å². The van der Waals surface area contributed by atoms with Crippen LogP contribution in [0.1, 0.15) is 52.9 Å². The lowest BCUT2D eigenvalue weighted by Gasteiger charge is -2.45. The van der Waals surface area contributed by atoms with Crippen LogP contribution in [0.4, 0.5) is 4.79 Å². The predicted octanol–water partition coefficient (Wildman–Crippen LogP) is 2.75. The fourth-order valence-corrected chi connectivity index (χ4v) is 3.21. The number of esters is 1. The lowest BCUT2D eigenvalue weighted by Crippen LogP contribution is -2.51. The molecule has 2 fully saturated rings. The van der Waals surface area contributed by atoms with Crippen LogP contribution in [0, 0.1) is 5.92 Å².